The van der Waals surface area contributed by atoms with Crippen molar-refractivity contribution in [3.05, 3.63) is 95.1 Å². The average Bonchev–Trinajstić information content (AvgIpc) is 2.99. The fourth-order valence-electron chi connectivity index (χ4n) is 4.21. The molecule has 1 atom stereocenters. The van der Waals surface area contributed by atoms with E-state index in [-0.39, 0.29) is 17.9 Å². The molecule has 32 heavy (non-hydrogen) atoms. The first-order valence-corrected chi connectivity index (χ1v) is 10.8. The Hall–Kier alpha value is -3.48. The van der Waals surface area contributed by atoms with Crippen molar-refractivity contribution >= 4 is 23.2 Å². The topological polar surface area (TPSA) is 72.9 Å². The molecule has 0 aromatic heterocycles. The number of fused-ring (bicyclic) bond motifs is 1. The molecule has 0 saturated carbocycles. The third-order valence-electron chi connectivity index (χ3n) is 5.92. The summed E-state index contributed by atoms with van der Waals surface area (Å²) in [6.45, 7) is 2.47. The van der Waals surface area contributed by atoms with Crippen LogP contribution in [-0.2, 0) is 0 Å². The maximum atomic E-state index is 13.4. The van der Waals surface area contributed by atoms with Crippen molar-refractivity contribution in [2.75, 3.05) is 23.8 Å². The highest BCUT2D eigenvalue weighted by Crippen LogP contribution is 2.36. The Morgan fingerprint density at radius 1 is 1.00 bits per heavy atom. The molecular weight excluding hydrogens is 402 g/mol. The van der Waals surface area contributed by atoms with Crippen LogP contribution in [0.3, 0.4) is 0 Å². The van der Waals surface area contributed by atoms with E-state index in [0.29, 0.717) is 23.4 Å². The van der Waals surface area contributed by atoms with Crippen LogP contribution in [0.4, 0.5) is 11.4 Å². The van der Waals surface area contributed by atoms with Gasteiger partial charge in [0.2, 0.25) is 0 Å². The monoisotopic (exact) mass is 429 g/mol. The normalized spacial score (nSPS) is 15.8. The van der Waals surface area contributed by atoms with Gasteiger partial charge in [-0.05, 0) is 67.3 Å². The van der Waals surface area contributed by atoms with E-state index in [4.69, 9.17) is 0 Å². The molecule has 1 aliphatic rings. The van der Waals surface area contributed by atoms with Gasteiger partial charge in [0.05, 0.1) is 6.04 Å². The zero-order chi connectivity index (χ0) is 22.7. The van der Waals surface area contributed by atoms with Gasteiger partial charge in [-0.1, -0.05) is 36.4 Å². The van der Waals surface area contributed by atoms with Gasteiger partial charge < -0.3 is 15.4 Å². The highest BCUT2D eigenvalue weighted by Gasteiger charge is 2.28. The first-order chi connectivity index (χ1) is 15.5. The van der Waals surface area contributed by atoms with Gasteiger partial charge in [-0.25, -0.2) is 0 Å². The zero-order valence-corrected chi connectivity index (χ0v) is 18.3. The van der Waals surface area contributed by atoms with Gasteiger partial charge >= 0.3 is 0 Å². The fourth-order valence-corrected chi connectivity index (χ4v) is 4.21. The molecule has 1 heterocycles. The summed E-state index contributed by atoms with van der Waals surface area (Å²) in [5, 5.41) is 14.2. The van der Waals surface area contributed by atoms with E-state index in [2.05, 4.69) is 5.32 Å². The Kier molecular flexibility index (Phi) is 6.35. The number of carbonyl (C=O) groups excluding carboxylic acids is 2. The molecule has 6 nitrogen and oxygen atoms in total. The summed E-state index contributed by atoms with van der Waals surface area (Å²) in [4.78, 5) is 27.7. The second-order valence-electron chi connectivity index (χ2n) is 8.09. The minimum Gasteiger partial charge on any atom is -0.322 e. The van der Waals surface area contributed by atoms with Gasteiger partial charge in [-0.3, -0.25) is 9.59 Å². The number of hydroxylamine groups is 2. The summed E-state index contributed by atoms with van der Waals surface area (Å²) in [5.74, 6) is -0.279. The average molecular weight is 430 g/mol. The van der Waals surface area contributed by atoms with Crippen LogP contribution in [0.25, 0.3) is 0 Å². The van der Waals surface area contributed by atoms with Crippen LogP contribution in [0.2, 0.25) is 0 Å². The van der Waals surface area contributed by atoms with Gasteiger partial charge in [-0.2, -0.15) is 5.06 Å². The Labute approximate surface area is 188 Å². The molecule has 6 heteroatoms. The highest BCUT2D eigenvalue weighted by atomic mass is 16.5. The van der Waals surface area contributed by atoms with Crippen molar-refractivity contribution in [3.63, 3.8) is 0 Å². The van der Waals surface area contributed by atoms with E-state index >= 15 is 0 Å². The lowest BCUT2D eigenvalue weighted by Crippen LogP contribution is -2.31. The molecule has 3 aromatic rings. The molecule has 0 aliphatic carbocycles. The van der Waals surface area contributed by atoms with Crippen molar-refractivity contribution in [1.29, 1.82) is 0 Å². The summed E-state index contributed by atoms with van der Waals surface area (Å²) >= 11 is 0. The number of carbonyl (C=O) groups is 2. The highest BCUT2D eigenvalue weighted by molar-refractivity contribution is 6.08. The minimum absolute atomic E-state index is 0.101. The van der Waals surface area contributed by atoms with Crippen LogP contribution >= 0.6 is 0 Å². The number of aryl methyl sites for hydroxylation is 1. The van der Waals surface area contributed by atoms with Gasteiger partial charge in [-0.15, -0.1) is 0 Å². The largest absolute Gasteiger partial charge is 0.322 e. The molecule has 164 valence electrons. The summed E-state index contributed by atoms with van der Waals surface area (Å²) < 4.78 is 0. The second kappa shape index (κ2) is 9.34. The lowest BCUT2D eigenvalue weighted by atomic mass is 10.0. The van der Waals surface area contributed by atoms with E-state index in [1.54, 1.807) is 42.3 Å². The molecule has 3 aromatic carbocycles. The van der Waals surface area contributed by atoms with Gasteiger partial charge in [0.1, 0.15) is 0 Å². The molecule has 0 spiro atoms. The molecule has 1 aliphatic heterocycles. The van der Waals surface area contributed by atoms with Gasteiger partial charge in [0.15, 0.2) is 0 Å². The number of amides is 2. The second-order valence-corrected chi connectivity index (χ2v) is 8.09. The van der Waals surface area contributed by atoms with Crippen molar-refractivity contribution in [1.82, 2.24) is 5.06 Å². The van der Waals surface area contributed by atoms with Crippen molar-refractivity contribution in [2.24, 2.45) is 0 Å². The Bertz CT molecular complexity index is 1130. The molecule has 0 radical (unpaired) electrons. The molecule has 2 N–H and O–H groups in total. The Morgan fingerprint density at radius 3 is 2.41 bits per heavy atom. The predicted molar refractivity (Wildman–Crippen MR) is 125 cm³/mol. The van der Waals surface area contributed by atoms with Crippen LogP contribution in [0.5, 0.6) is 0 Å². The standard InChI is InChI=1S/C26H27N3O3/c1-18-8-3-4-9-21(18)25(30)27-20-15-13-19(14-16-20)26(31)29-17-7-12-23(28(2)32)22-10-5-6-11-24(22)29/h3-6,8-11,13-16,23,32H,7,12,17H2,1-2H3,(H,27,30). The van der Waals surface area contributed by atoms with Gasteiger partial charge in [0, 0.05) is 36.1 Å². The number of hydrogen-bond donors (Lipinski definition) is 2. The van der Waals surface area contributed by atoms with Crippen LogP contribution in [0.1, 0.15) is 50.7 Å². The summed E-state index contributed by atoms with van der Waals surface area (Å²) in [6.07, 6.45) is 1.54. The molecule has 0 bridgehead atoms. The third-order valence-corrected chi connectivity index (χ3v) is 5.92. The number of rotatable bonds is 4. The van der Waals surface area contributed by atoms with Crippen molar-refractivity contribution in [2.45, 2.75) is 25.8 Å². The van der Waals surface area contributed by atoms with Crippen molar-refractivity contribution in [3.8, 4) is 0 Å². The number of nitrogens with one attached hydrogen (secondary N) is 1. The number of nitrogens with zero attached hydrogens (tertiary/aromatic N) is 2. The number of anilines is 2. The molecule has 0 fully saturated rings. The Morgan fingerprint density at radius 2 is 1.69 bits per heavy atom. The molecular formula is C26H27N3O3. The van der Waals surface area contributed by atoms with E-state index in [9.17, 15) is 14.8 Å². The molecule has 4 rings (SSSR count). The van der Waals surface area contributed by atoms with Crippen LogP contribution in [-0.4, -0.2) is 35.7 Å². The van der Waals surface area contributed by atoms with E-state index < -0.39 is 0 Å². The lowest BCUT2D eigenvalue weighted by molar-refractivity contribution is -0.106. The first-order valence-electron chi connectivity index (χ1n) is 10.8. The maximum Gasteiger partial charge on any atom is 0.258 e. The fraction of sp³-hybridized carbons (Fsp3) is 0.231. The quantitative estimate of drug-likeness (QED) is 0.569. The molecule has 0 saturated heterocycles. The predicted octanol–water partition coefficient (Wildman–Crippen LogP) is 5.05. The summed E-state index contributed by atoms with van der Waals surface area (Å²) in [7, 11) is 1.64. The Balaban J connectivity index is 1.54. The smallest absolute Gasteiger partial charge is 0.258 e. The molecule has 1 unspecified atom stereocenters. The zero-order valence-electron chi connectivity index (χ0n) is 18.3. The lowest BCUT2D eigenvalue weighted by Gasteiger charge is -2.26. The van der Waals surface area contributed by atoms with Crippen LogP contribution < -0.4 is 10.2 Å². The first kappa shape index (κ1) is 21.7. The van der Waals surface area contributed by atoms with E-state index in [0.717, 1.165) is 29.7 Å². The maximum absolute atomic E-state index is 13.4. The number of para-hydroxylation sites is 1. The number of benzene rings is 3. The minimum atomic E-state index is -0.178. The van der Waals surface area contributed by atoms with Crippen LogP contribution in [0.15, 0.2) is 72.8 Å². The number of hydrogen-bond acceptors (Lipinski definition) is 4. The SMILES string of the molecule is Cc1ccccc1C(=O)Nc1ccc(C(=O)N2CCCC(N(C)O)c3ccccc32)cc1. The van der Waals surface area contributed by atoms with E-state index in [1.807, 2.05) is 49.4 Å². The van der Waals surface area contributed by atoms with Gasteiger partial charge in [0.25, 0.3) is 11.8 Å². The van der Waals surface area contributed by atoms with Crippen molar-refractivity contribution < 1.29 is 14.8 Å². The van der Waals surface area contributed by atoms with Crippen LogP contribution in [0, 0.1) is 6.92 Å². The summed E-state index contributed by atoms with van der Waals surface area (Å²) in [5.41, 5.74) is 4.46. The summed E-state index contributed by atoms with van der Waals surface area (Å²) in [6, 6.07) is 21.9. The van der Waals surface area contributed by atoms with E-state index in [1.165, 1.54) is 5.06 Å². The third kappa shape index (κ3) is 4.42. The molecule has 2 amide bonds.